The second-order valence-corrected chi connectivity index (χ2v) is 6.77. The van der Waals surface area contributed by atoms with E-state index in [0.717, 1.165) is 24.9 Å². The van der Waals surface area contributed by atoms with Crippen LogP contribution in [0.5, 0.6) is 11.5 Å². The van der Waals surface area contributed by atoms with Crippen molar-refractivity contribution in [2.45, 2.75) is 26.7 Å². The van der Waals surface area contributed by atoms with Gasteiger partial charge in [0.25, 0.3) is 5.91 Å². The number of carbonyl (C=O) groups excluding carboxylic acids is 2. The standard InChI is InChI=1S/C19H24N2O6/c1-13-4-3-7-21(9-13)18(22)10-24-19(23)11-27-20-14(2)15-5-6-16-17(8-15)26-12-25-16/h5-6,8,13H,3-4,7,9-12H2,1-2H3/b20-14+. The van der Waals surface area contributed by atoms with Gasteiger partial charge >= 0.3 is 5.97 Å². The Morgan fingerprint density at radius 3 is 2.89 bits per heavy atom. The third kappa shape index (κ3) is 5.12. The molecule has 8 heteroatoms. The first kappa shape index (κ1) is 19.0. The molecule has 1 atom stereocenters. The molecule has 1 amide bonds. The zero-order valence-electron chi connectivity index (χ0n) is 15.6. The molecule has 0 aliphatic carbocycles. The van der Waals surface area contributed by atoms with Crippen LogP contribution in [0.1, 0.15) is 32.3 Å². The molecular weight excluding hydrogens is 352 g/mol. The topological polar surface area (TPSA) is 86.7 Å². The summed E-state index contributed by atoms with van der Waals surface area (Å²) in [5, 5.41) is 3.91. The largest absolute Gasteiger partial charge is 0.454 e. The van der Waals surface area contributed by atoms with E-state index >= 15 is 0 Å². The number of hydrogen-bond donors (Lipinski definition) is 0. The minimum Gasteiger partial charge on any atom is -0.454 e. The molecule has 1 aromatic carbocycles. The Hall–Kier alpha value is -2.77. The van der Waals surface area contributed by atoms with Crippen LogP contribution in [0.4, 0.5) is 0 Å². The van der Waals surface area contributed by atoms with Crippen molar-refractivity contribution in [1.82, 2.24) is 4.90 Å². The molecule has 1 fully saturated rings. The molecule has 0 spiro atoms. The molecule has 3 rings (SSSR count). The summed E-state index contributed by atoms with van der Waals surface area (Å²) in [5.41, 5.74) is 1.38. The van der Waals surface area contributed by atoms with E-state index in [9.17, 15) is 9.59 Å². The summed E-state index contributed by atoms with van der Waals surface area (Å²) in [6.07, 6.45) is 2.11. The third-order valence-corrected chi connectivity index (χ3v) is 4.54. The molecule has 0 bridgehead atoms. The van der Waals surface area contributed by atoms with Gasteiger partial charge in [0, 0.05) is 18.7 Å². The lowest BCUT2D eigenvalue weighted by Crippen LogP contribution is -2.41. The van der Waals surface area contributed by atoms with E-state index in [1.54, 1.807) is 24.0 Å². The van der Waals surface area contributed by atoms with E-state index in [1.807, 2.05) is 6.07 Å². The first-order chi connectivity index (χ1) is 13.0. The van der Waals surface area contributed by atoms with Crippen molar-refractivity contribution in [3.8, 4) is 11.5 Å². The van der Waals surface area contributed by atoms with Crippen LogP contribution in [0.2, 0.25) is 0 Å². The van der Waals surface area contributed by atoms with Gasteiger partial charge in [-0.3, -0.25) is 4.79 Å². The summed E-state index contributed by atoms with van der Waals surface area (Å²) in [7, 11) is 0. The van der Waals surface area contributed by atoms with E-state index in [4.69, 9.17) is 19.0 Å². The van der Waals surface area contributed by atoms with Crippen molar-refractivity contribution in [3.63, 3.8) is 0 Å². The van der Waals surface area contributed by atoms with Gasteiger partial charge in [-0.1, -0.05) is 12.1 Å². The van der Waals surface area contributed by atoms with Crippen LogP contribution in [0, 0.1) is 5.92 Å². The van der Waals surface area contributed by atoms with Gasteiger partial charge in [-0.15, -0.1) is 0 Å². The average Bonchev–Trinajstić information content (AvgIpc) is 3.13. The first-order valence-corrected chi connectivity index (χ1v) is 9.03. The molecule has 0 saturated carbocycles. The number of benzene rings is 1. The smallest absolute Gasteiger partial charge is 0.347 e. The number of nitrogens with zero attached hydrogens (tertiary/aromatic N) is 2. The molecule has 8 nitrogen and oxygen atoms in total. The van der Waals surface area contributed by atoms with Gasteiger partial charge in [-0.05, 0) is 43.9 Å². The average molecular weight is 376 g/mol. The molecule has 2 heterocycles. The van der Waals surface area contributed by atoms with Crippen molar-refractivity contribution in [1.29, 1.82) is 0 Å². The minimum absolute atomic E-state index is 0.171. The minimum atomic E-state index is -0.629. The number of piperidine rings is 1. The molecule has 1 aromatic rings. The van der Waals surface area contributed by atoms with Gasteiger partial charge in [-0.2, -0.15) is 0 Å². The molecule has 0 aromatic heterocycles. The van der Waals surface area contributed by atoms with E-state index < -0.39 is 5.97 Å². The Bertz CT molecular complexity index is 733. The van der Waals surface area contributed by atoms with Gasteiger partial charge in [-0.25, -0.2) is 4.79 Å². The number of oxime groups is 1. The number of hydrogen-bond acceptors (Lipinski definition) is 7. The van der Waals surface area contributed by atoms with Gasteiger partial charge in [0.1, 0.15) is 0 Å². The maximum Gasteiger partial charge on any atom is 0.347 e. The molecule has 0 radical (unpaired) electrons. The fourth-order valence-electron chi connectivity index (χ4n) is 3.05. The number of ether oxygens (including phenoxy) is 3. The Balaban J connectivity index is 1.41. The highest BCUT2D eigenvalue weighted by atomic mass is 16.7. The monoisotopic (exact) mass is 376 g/mol. The van der Waals surface area contributed by atoms with Crippen LogP contribution < -0.4 is 9.47 Å². The van der Waals surface area contributed by atoms with Crippen LogP contribution in [0.15, 0.2) is 23.4 Å². The van der Waals surface area contributed by atoms with Crippen LogP contribution in [0.25, 0.3) is 0 Å². The quantitative estimate of drug-likeness (QED) is 0.429. The second kappa shape index (κ2) is 8.75. The zero-order chi connectivity index (χ0) is 19.2. The van der Waals surface area contributed by atoms with Crippen molar-refractivity contribution >= 4 is 17.6 Å². The maximum absolute atomic E-state index is 12.1. The fraction of sp³-hybridized carbons (Fsp3) is 0.526. The molecule has 1 saturated heterocycles. The zero-order valence-corrected chi connectivity index (χ0v) is 15.6. The SMILES string of the molecule is C/C(=N\OCC(=O)OCC(=O)N1CCCC(C)C1)c1ccc2c(c1)OCO2. The van der Waals surface area contributed by atoms with Gasteiger partial charge in [0.15, 0.2) is 18.1 Å². The molecule has 146 valence electrons. The van der Waals surface area contributed by atoms with Gasteiger partial charge < -0.3 is 23.9 Å². The summed E-state index contributed by atoms with van der Waals surface area (Å²) in [6, 6.07) is 5.41. The third-order valence-electron chi connectivity index (χ3n) is 4.54. The van der Waals surface area contributed by atoms with Gasteiger partial charge in [0.05, 0.1) is 5.71 Å². The number of carbonyl (C=O) groups is 2. The highest BCUT2D eigenvalue weighted by Crippen LogP contribution is 2.32. The Labute approximate surface area is 158 Å². The predicted molar refractivity (Wildman–Crippen MR) is 96.7 cm³/mol. The van der Waals surface area contributed by atoms with Gasteiger partial charge in [0.2, 0.25) is 13.4 Å². The number of amides is 1. The molecule has 1 unspecified atom stereocenters. The lowest BCUT2D eigenvalue weighted by molar-refractivity contribution is -0.156. The molecule has 27 heavy (non-hydrogen) atoms. The number of likely N-dealkylation sites (tertiary alicyclic amines) is 1. The Kier molecular flexibility index (Phi) is 6.16. The lowest BCUT2D eigenvalue weighted by atomic mass is 10.0. The van der Waals surface area contributed by atoms with E-state index in [1.165, 1.54) is 0 Å². The van der Waals surface area contributed by atoms with Crippen LogP contribution in [-0.2, 0) is 19.2 Å². The fourth-order valence-corrected chi connectivity index (χ4v) is 3.05. The summed E-state index contributed by atoms with van der Waals surface area (Å²) in [4.78, 5) is 30.6. The number of rotatable bonds is 6. The van der Waals surface area contributed by atoms with Crippen molar-refractivity contribution < 1.29 is 28.6 Å². The summed E-state index contributed by atoms with van der Waals surface area (Å²) >= 11 is 0. The first-order valence-electron chi connectivity index (χ1n) is 9.03. The molecule has 0 N–H and O–H groups in total. The van der Waals surface area contributed by atoms with Crippen molar-refractivity contribution in [2.75, 3.05) is 33.1 Å². The molecular formula is C19H24N2O6. The Morgan fingerprint density at radius 2 is 2.07 bits per heavy atom. The normalized spacial score (nSPS) is 19.0. The van der Waals surface area contributed by atoms with Crippen molar-refractivity contribution in [2.24, 2.45) is 11.1 Å². The number of fused-ring (bicyclic) bond motifs is 1. The summed E-state index contributed by atoms with van der Waals surface area (Å²) in [5.74, 6) is 1.01. The molecule has 2 aliphatic rings. The summed E-state index contributed by atoms with van der Waals surface area (Å²) < 4.78 is 15.6. The van der Waals surface area contributed by atoms with E-state index in [2.05, 4.69) is 12.1 Å². The van der Waals surface area contributed by atoms with E-state index in [-0.39, 0.29) is 25.9 Å². The second-order valence-electron chi connectivity index (χ2n) is 6.77. The highest BCUT2D eigenvalue weighted by molar-refractivity contribution is 5.99. The van der Waals surface area contributed by atoms with Crippen LogP contribution in [-0.4, -0.2) is 55.6 Å². The highest BCUT2D eigenvalue weighted by Gasteiger charge is 2.22. The van der Waals surface area contributed by atoms with Crippen LogP contribution >= 0.6 is 0 Å². The number of esters is 1. The predicted octanol–water partition coefficient (Wildman–Crippen LogP) is 1.96. The van der Waals surface area contributed by atoms with Crippen LogP contribution in [0.3, 0.4) is 0 Å². The Morgan fingerprint density at radius 1 is 1.26 bits per heavy atom. The summed E-state index contributed by atoms with van der Waals surface area (Å²) in [6.45, 7) is 4.88. The maximum atomic E-state index is 12.1. The molecule has 2 aliphatic heterocycles. The van der Waals surface area contributed by atoms with E-state index in [0.29, 0.717) is 29.7 Å². The lowest BCUT2D eigenvalue weighted by Gasteiger charge is -2.30. The van der Waals surface area contributed by atoms with Crippen molar-refractivity contribution in [3.05, 3.63) is 23.8 Å².